The van der Waals surface area contributed by atoms with Crippen LogP contribution in [0.25, 0.3) is 11.0 Å². The fourth-order valence-electron chi connectivity index (χ4n) is 4.07. The molecule has 1 aliphatic rings. The molecular formula is C26H29NO6. The number of fused-ring (bicyclic) bond motifs is 3. The standard InChI is InChI=1S/C26H29NO6/c1-16-13-23(29)32-25-19-9-11-26(2,3)33-20(19)14-21(24(16)25)31-15-22(28)27-12-10-17-5-7-18(30-4)8-6-17/h5-8,13-14H,9-12,15H2,1-4H3,(H,27,28). The number of carbonyl (C=O) groups is 1. The van der Waals surface area contributed by atoms with Gasteiger partial charge in [0.1, 0.15) is 28.4 Å². The monoisotopic (exact) mass is 451 g/mol. The van der Waals surface area contributed by atoms with E-state index in [1.54, 1.807) is 13.2 Å². The summed E-state index contributed by atoms with van der Waals surface area (Å²) >= 11 is 0. The summed E-state index contributed by atoms with van der Waals surface area (Å²) in [6.45, 7) is 6.21. The maximum atomic E-state index is 12.4. The lowest BCUT2D eigenvalue weighted by molar-refractivity contribution is -0.123. The highest BCUT2D eigenvalue weighted by Crippen LogP contribution is 2.42. The maximum absolute atomic E-state index is 12.4. The minimum Gasteiger partial charge on any atom is -0.497 e. The Labute approximate surface area is 192 Å². The van der Waals surface area contributed by atoms with Crippen molar-refractivity contribution >= 4 is 16.9 Å². The van der Waals surface area contributed by atoms with Crippen molar-refractivity contribution < 1.29 is 23.4 Å². The normalized spacial score (nSPS) is 14.3. The number of hydrogen-bond donors (Lipinski definition) is 1. The molecule has 0 atom stereocenters. The number of amides is 1. The van der Waals surface area contributed by atoms with Crippen LogP contribution in [0.15, 0.2) is 45.6 Å². The Morgan fingerprint density at radius 1 is 1.18 bits per heavy atom. The Balaban J connectivity index is 1.47. The van der Waals surface area contributed by atoms with Gasteiger partial charge in [0.25, 0.3) is 5.91 Å². The predicted octanol–water partition coefficient (Wildman–Crippen LogP) is 3.95. The zero-order chi connectivity index (χ0) is 23.6. The van der Waals surface area contributed by atoms with Crippen molar-refractivity contribution in [1.29, 1.82) is 0 Å². The molecule has 4 rings (SSSR count). The van der Waals surface area contributed by atoms with Crippen molar-refractivity contribution in [3.05, 3.63) is 63.5 Å². The van der Waals surface area contributed by atoms with E-state index >= 15 is 0 Å². The van der Waals surface area contributed by atoms with Crippen molar-refractivity contribution in [2.24, 2.45) is 0 Å². The maximum Gasteiger partial charge on any atom is 0.336 e. The van der Waals surface area contributed by atoms with Gasteiger partial charge < -0.3 is 23.9 Å². The second-order valence-electron chi connectivity index (χ2n) is 8.90. The quantitative estimate of drug-likeness (QED) is 0.548. The van der Waals surface area contributed by atoms with Crippen molar-refractivity contribution in [3.63, 3.8) is 0 Å². The average molecular weight is 452 g/mol. The van der Waals surface area contributed by atoms with E-state index in [1.807, 2.05) is 45.0 Å². The molecule has 2 aromatic carbocycles. The number of benzene rings is 2. The molecular weight excluding hydrogens is 422 g/mol. The first-order valence-corrected chi connectivity index (χ1v) is 11.1. The lowest BCUT2D eigenvalue weighted by atomic mass is 9.92. The molecule has 1 N–H and O–H groups in total. The summed E-state index contributed by atoms with van der Waals surface area (Å²) in [7, 11) is 1.63. The molecule has 2 heterocycles. The van der Waals surface area contributed by atoms with Gasteiger partial charge in [-0.15, -0.1) is 0 Å². The summed E-state index contributed by atoms with van der Waals surface area (Å²) in [6, 6.07) is 11.0. The van der Waals surface area contributed by atoms with Gasteiger partial charge in [-0.05, 0) is 63.3 Å². The summed E-state index contributed by atoms with van der Waals surface area (Å²) in [5.41, 5.74) is 2.43. The largest absolute Gasteiger partial charge is 0.497 e. The Hall–Kier alpha value is -3.48. The van der Waals surface area contributed by atoms with Gasteiger partial charge in [0.2, 0.25) is 0 Å². The van der Waals surface area contributed by atoms with Crippen molar-refractivity contribution in [3.8, 4) is 17.2 Å². The number of aryl methyl sites for hydroxylation is 2. The molecule has 1 aromatic heterocycles. The van der Waals surface area contributed by atoms with Gasteiger partial charge in [-0.1, -0.05) is 12.1 Å². The van der Waals surface area contributed by atoms with Crippen LogP contribution in [0.3, 0.4) is 0 Å². The van der Waals surface area contributed by atoms with Gasteiger partial charge in [0.15, 0.2) is 6.61 Å². The van der Waals surface area contributed by atoms with Crippen LogP contribution in [-0.4, -0.2) is 31.8 Å². The van der Waals surface area contributed by atoms with Gasteiger partial charge in [-0.25, -0.2) is 4.79 Å². The van der Waals surface area contributed by atoms with E-state index in [0.717, 1.165) is 35.3 Å². The summed E-state index contributed by atoms with van der Waals surface area (Å²) in [5, 5.41) is 3.57. The van der Waals surface area contributed by atoms with Gasteiger partial charge in [-0.2, -0.15) is 0 Å². The zero-order valence-electron chi connectivity index (χ0n) is 19.4. The molecule has 0 saturated carbocycles. The molecule has 0 saturated heterocycles. The molecule has 0 bridgehead atoms. The van der Waals surface area contributed by atoms with E-state index in [1.165, 1.54) is 6.07 Å². The Kier molecular flexibility index (Phi) is 6.31. The molecule has 7 nitrogen and oxygen atoms in total. The smallest absolute Gasteiger partial charge is 0.336 e. The van der Waals surface area contributed by atoms with E-state index in [4.69, 9.17) is 18.6 Å². The van der Waals surface area contributed by atoms with Crippen molar-refractivity contribution in [2.75, 3.05) is 20.3 Å². The van der Waals surface area contributed by atoms with Crippen LogP contribution in [-0.2, 0) is 17.6 Å². The second kappa shape index (κ2) is 9.17. The molecule has 0 aliphatic carbocycles. The number of nitrogens with one attached hydrogen (secondary N) is 1. The van der Waals surface area contributed by atoms with Crippen molar-refractivity contribution in [1.82, 2.24) is 5.32 Å². The number of carbonyl (C=O) groups excluding carboxylic acids is 1. The third kappa shape index (κ3) is 5.13. The summed E-state index contributed by atoms with van der Waals surface area (Å²) in [4.78, 5) is 24.5. The number of methoxy groups -OCH3 is 1. The molecule has 0 fully saturated rings. The second-order valence-corrected chi connectivity index (χ2v) is 8.90. The molecule has 33 heavy (non-hydrogen) atoms. The van der Waals surface area contributed by atoms with E-state index in [2.05, 4.69) is 5.32 Å². The highest BCUT2D eigenvalue weighted by molar-refractivity contribution is 5.91. The van der Waals surface area contributed by atoms with Crippen LogP contribution in [0, 0.1) is 6.92 Å². The van der Waals surface area contributed by atoms with Gasteiger partial charge >= 0.3 is 5.63 Å². The highest BCUT2D eigenvalue weighted by Gasteiger charge is 2.30. The van der Waals surface area contributed by atoms with E-state index in [0.29, 0.717) is 35.4 Å². The molecule has 0 radical (unpaired) electrons. The lowest BCUT2D eigenvalue weighted by Crippen LogP contribution is -2.33. The molecule has 1 aliphatic heterocycles. The van der Waals surface area contributed by atoms with Gasteiger partial charge in [0.05, 0.1) is 12.5 Å². The molecule has 3 aromatic rings. The minimum atomic E-state index is -0.416. The first-order chi connectivity index (χ1) is 15.8. The molecule has 174 valence electrons. The van der Waals surface area contributed by atoms with Crippen LogP contribution < -0.4 is 25.2 Å². The molecule has 7 heteroatoms. The number of rotatable bonds is 7. The summed E-state index contributed by atoms with van der Waals surface area (Å²) in [6.07, 6.45) is 2.24. The molecule has 1 amide bonds. The number of ether oxygens (including phenoxy) is 3. The summed E-state index contributed by atoms with van der Waals surface area (Å²) in [5.74, 6) is 1.66. The van der Waals surface area contributed by atoms with Crippen molar-refractivity contribution in [2.45, 2.75) is 45.6 Å². The molecule has 0 unspecified atom stereocenters. The Morgan fingerprint density at radius 3 is 2.67 bits per heavy atom. The van der Waals surface area contributed by atoms with Crippen LogP contribution in [0.4, 0.5) is 0 Å². The fourth-order valence-corrected chi connectivity index (χ4v) is 4.07. The Bertz CT molecular complexity index is 1230. The van der Waals surface area contributed by atoms with E-state index in [9.17, 15) is 9.59 Å². The Morgan fingerprint density at radius 2 is 1.94 bits per heavy atom. The number of hydrogen-bond acceptors (Lipinski definition) is 6. The van der Waals surface area contributed by atoms with Gasteiger partial charge in [-0.3, -0.25) is 4.79 Å². The third-order valence-corrected chi connectivity index (χ3v) is 5.86. The predicted molar refractivity (Wildman–Crippen MR) is 125 cm³/mol. The van der Waals surface area contributed by atoms with Crippen LogP contribution in [0.5, 0.6) is 17.2 Å². The van der Waals surface area contributed by atoms with Gasteiger partial charge in [0, 0.05) is 24.2 Å². The first kappa shape index (κ1) is 22.7. The van der Waals surface area contributed by atoms with Crippen LogP contribution in [0.2, 0.25) is 0 Å². The topological polar surface area (TPSA) is 87.0 Å². The summed E-state index contributed by atoms with van der Waals surface area (Å²) < 4.78 is 22.8. The minimum absolute atomic E-state index is 0.154. The lowest BCUT2D eigenvalue weighted by Gasteiger charge is -2.33. The zero-order valence-corrected chi connectivity index (χ0v) is 19.4. The van der Waals surface area contributed by atoms with Crippen LogP contribution in [0.1, 0.15) is 37.0 Å². The van der Waals surface area contributed by atoms with E-state index < -0.39 is 5.63 Å². The van der Waals surface area contributed by atoms with Crippen LogP contribution >= 0.6 is 0 Å². The molecule has 0 spiro atoms. The third-order valence-electron chi connectivity index (χ3n) is 5.86. The first-order valence-electron chi connectivity index (χ1n) is 11.1. The highest BCUT2D eigenvalue weighted by atomic mass is 16.5. The fraction of sp³-hybridized carbons (Fsp3) is 0.385. The average Bonchev–Trinajstić information content (AvgIpc) is 2.76. The van der Waals surface area contributed by atoms with E-state index in [-0.39, 0.29) is 18.1 Å². The SMILES string of the molecule is COc1ccc(CCNC(=O)COc2cc3c(c4oc(=O)cc(C)c24)CCC(C)(C)O3)cc1.